The maximum Gasteiger partial charge on any atom is 0.239 e. The van der Waals surface area contributed by atoms with Crippen molar-refractivity contribution in [1.29, 1.82) is 0 Å². The molecule has 0 aromatic rings. The Hall–Kier alpha value is -0.650. The summed E-state index contributed by atoms with van der Waals surface area (Å²) in [6.07, 6.45) is 2.31. The zero-order valence-corrected chi connectivity index (χ0v) is 23.8. The standard InChI is InChI=1S/C24H47N7O.HI/c1-5-25-24(26-19-21(3)20-28-13-11-27(6-2)12-14-28)31-17-15-29(16-18-31)22(4)23(32)30-9-7-8-10-30;/h21-22H,5-20H2,1-4H3,(H,25,26);1H. The SMILES string of the molecule is CCNC(=NCC(C)CN1CCN(CC)CC1)N1CCN(C(C)C(=O)N2CCCC2)CC1.I. The molecule has 0 radical (unpaired) electrons. The molecule has 3 heterocycles. The van der Waals surface area contributed by atoms with Gasteiger partial charge in [-0.2, -0.15) is 0 Å². The van der Waals surface area contributed by atoms with E-state index in [0.29, 0.717) is 11.8 Å². The molecule has 9 heteroatoms. The molecule has 0 saturated carbocycles. The average Bonchev–Trinajstić information content (AvgIpc) is 3.36. The monoisotopic (exact) mass is 577 g/mol. The number of rotatable bonds is 8. The molecule has 0 aromatic heterocycles. The Morgan fingerprint density at radius 2 is 1.45 bits per heavy atom. The van der Waals surface area contributed by atoms with E-state index in [9.17, 15) is 4.79 Å². The Morgan fingerprint density at radius 3 is 2.03 bits per heavy atom. The predicted molar refractivity (Wildman–Crippen MR) is 148 cm³/mol. The van der Waals surface area contributed by atoms with Crippen LogP contribution in [0.5, 0.6) is 0 Å². The Bertz CT molecular complexity index is 598. The number of nitrogens with one attached hydrogen (secondary N) is 1. The first-order valence-corrected chi connectivity index (χ1v) is 13.0. The summed E-state index contributed by atoms with van der Waals surface area (Å²) < 4.78 is 0. The molecule has 3 aliphatic rings. The summed E-state index contributed by atoms with van der Waals surface area (Å²) in [5.74, 6) is 1.90. The normalized spacial score (nSPS) is 23.3. The van der Waals surface area contributed by atoms with Gasteiger partial charge in [-0.25, -0.2) is 0 Å². The van der Waals surface area contributed by atoms with Crippen LogP contribution in [0.25, 0.3) is 0 Å². The lowest BCUT2D eigenvalue weighted by molar-refractivity contribution is -0.135. The number of piperazine rings is 2. The molecule has 3 saturated heterocycles. The van der Waals surface area contributed by atoms with Crippen LogP contribution in [0, 0.1) is 5.92 Å². The van der Waals surface area contributed by atoms with Crippen molar-refractivity contribution in [3.8, 4) is 0 Å². The summed E-state index contributed by atoms with van der Waals surface area (Å²) in [5.41, 5.74) is 0. The smallest absolute Gasteiger partial charge is 0.239 e. The lowest BCUT2D eigenvalue weighted by Crippen LogP contribution is -2.57. The predicted octanol–water partition coefficient (Wildman–Crippen LogP) is 1.47. The molecular weight excluding hydrogens is 529 g/mol. The van der Waals surface area contributed by atoms with Gasteiger partial charge in [-0.1, -0.05) is 13.8 Å². The van der Waals surface area contributed by atoms with Crippen molar-refractivity contribution in [2.45, 2.75) is 46.6 Å². The molecule has 3 aliphatic heterocycles. The molecule has 3 fully saturated rings. The van der Waals surface area contributed by atoms with E-state index in [1.165, 1.54) is 26.2 Å². The Morgan fingerprint density at radius 1 is 0.848 bits per heavy atom. The second kappa shape index (κ2) is 14.7. The van der Waals surface area contributed by atoms with Gasteiger partial charge in [-0.05, 0) is 39.2 Å². The minimum atomic E-state index is -0.0111. The van der Waals surface area contributed by atoms with E-state index in [4.69, 9.17) is 4.99 Å². The maximum atomic E-state index is 12.8. The maximum absolute atomic E-state index is 12.8. The highest BCUT2D eigenvalue weighted by Crippen LogP contribution is 2.14. The molecular formula is C24H48IN7O. The second-order valence-corrected chi connectivity index (χ2v) is 9.77. The number of aliphatic imine (C=N–C) groups is 1. The van der Waals surface area contributed by atoms with Gasteiger partial charge in [0.25, 0.3) is 0 Å². The van der Waals surface area contributed by atoms with Crippen molar-refractivity contribution in [1.82, 2.24) is 29.8 Å². The van der Waals surface area contributed by atoms with E-state index in [0.717, 1.165) is 84.2 Å². The third-order valence-electron chi connectivity index (χ3n) is 7.31. The van der Waals surface area contributed by atoms with Gasteiger partial charge >= 0.3 is 0 Å². The molecule has 3 rings (SSSR count). The number of amides is 1. The van der Waals surface area contributed by atoms with Crippen LogP contribution in [0.4, 0.5) is 0 Å². The number of halogens is 1. The lowest BCUT2D eigenvalue weighted by atomic mass is 10.1. The highest BCUT2D eigenvalue weighted by molar-refractivity contribution is 14.0. The van der Waals surface area contributed by atoms with Gasteiger partial charge in [-0.15, -0.1) is 24.0 Å². The number of carbonyl (C=O) groups is 1. The van der Waals surface area contributed by atoms with Crippen molar-refractivity contribution in [3.63, 3.8) is 0 Å². The van der Waals surface area contributed by atoms with Gasteiger partial charge in [0, 0.05) is 85.1 Å². The molecule has 0 aliphatic carbocycles. The van der Waals surface area contributed by atoms with Gasteiger partial charge in [-0.3, -0.25) is 14.7 Å². The van der Waals surface area contributed by atoms with E-state index in [1.807, 2.05) is 4.90 Å². The van der Waals surface area contributed by atoms with Crippen LogP contribution in [-0.2, 0) is 4.79 Å². The van der Waals surface area contributed by atoms with Crippen LogP contribution in [0.15, 0.2) is 4.99 Å². The molecule has 33 heavy (non-hydrogen) atoms. The fourth-order valence-electron chi connectivity index (χ4n) is 5.13. The Kier molecular flexibility index (Phi) is 12.7. The van der Waals surface area contributed by atoms with E-state index >= 15 is 0 Å². The van der Waals surface area contributed by atoms with Crippen LogP contribution < -0.4 is 5.32 Å². The molecule has 192 valence electrons. The number of nitrogens with zero attached hydrogens (tertiary/aromatic N) is 6. The molecule has 0 spiro atoms. The Labute approximate surface area is 219 Å². The number of likely N-dealkylation sites (tertiary alicyclic amines) is 1. The van der Waals surface area contributed by atoms with Crippen molar-refractivity contribution < 1.29 is 4.79 Å². The average molecular weight is 578 g/mol. The summed E-state index contributed by atoms with van der Waals surface area (Å²) in [4.78, 5) is 29.7. The van der Waals surface area contributed by atoms with Crippen LogP contribution >= 0.6 is 24.0 Å². The van der Waals surface area contributed by atoms with Gasteiger partial charge in [0.05, 0.1) is 6.04 Å². The fourth-order valence-corrected chi connectivity index (χ4v) is 5.13. The second-order valence-electron chi connectivity index (χ2n) is 9.77. The van der Waals surface area contributed by atoms with Crippen LogP contribution in [-0.4, -0.2) is 134 Å². The summed E-state index contributed by atoms with van der Waals surface area (Å²) in [7, 11) is 0. The summed E-state index contributed by atoms with van der Waals surface area (Å²) in [6.45, 7) is 23.1. The van der Waals surface area contributed by atoms with E-state index in [-0.39, 0.29) is 30.0 Å². The van der Waals surface area contributed by atoms with E-state index < -0.39 is 0 Å². The first kappa shape index (κ1) is 28.6. The minimum Gasteiger partial charge on any atom is -0.357 e. The number of guanidine groups is 1. The third-order valence-corrected chi connectivity index (χ3v) is 7.31. The zero-order valence-electron chi connectivity index (χ0n) is 21.5. The fraction of sp³-hybridized carbons (Fsp3) is 0.917. The van der Waals surface area contributed by atoms with Crippen LogP contribution in [0.3, 0.4) is 0 Å². The van der Waals surface area contributed by atoms with E-state index in [2.05, 4.69) is 52.6 Å². The molecule has 1 N–H and O–H groups in total. The molecule has 2 atom stereocenters. The topological polar surface area (TPSA) is 57.7 Å². The highest BCUT2D eigenvalue weighted by atomic mass is 127. The molecule has 2 unspecified atom stereocenters. The van der Waals surface area contributed by atoms with Crippen molar-refractivity contribution in [2.24, 2.45) is 10.9 Å². The molecule has 8 nitrogen and oxygen atoms in total. The first-order valence-electron chi connectivity index (χ1n) is 13.0. The summed E-state index contributed by atoms with van der Waals surface area (Å²) in [5, 5.41) is 3.50. The van der Waals surface area contributed by atoms with E-state index in [1.54, 1.807) is 0 Å². The minimum absolute atomic E-state index is 0. The highest BCUT2D eigenvalue weighted by Gasteiger charge is 2.30. The number of carbonyl (C=O) groups excluding carboxylic acids is 1. The van der Waals surface area contributed by atoms with Crippen LogP contribution in [0.1, 0.15) is 40.5 Å². The lowest BCUT2D eigenvalue weighted by Gasteiger charge is -2.39. The van der Waals surface area contributed by atoms with Crippen molar-refractivity contribution >= 4 is 35.8 Å². The number of hydrogen-bond donors (Lipinski definition) is 1. The first-order chi connectivity index (χ1) is 15.5. The van der Waals surface area contributed by atoms with Gasteiger partial charge in [0.2, 0.25) is 5.91 Å². The summed E-state index contributed by atoms with van der Waals surface area (Å²) >= 11 is 0. The largest absolute Gasteiger partial charge is 0.357 e. The van der Waals surface area contributed by atoms with Gasteiger partial charge in [0.15, 0.2) is 5.96 Å². The molecule has 0 bridgehead atoms. The molecule has 0 aromatic carbocycles. The quantitative estimate of drug-likeness (QED) is 0.268. The number of likely N-dealkylation sites (N-methyl/N-ethyl adjacent to an activating group) is 1. The van der Waals surface area contributed by atoms with Gasteiger partial charge in [0.1, 0.15) is 0 Å². The number of hydrogen-bond acceptors (Lipinski definition) is 5. The summed E-state index contributed by atoms with van der Waals surface area (Å²) in [6, 6.07) is -0.0111. The Balaban J connectivity index is 0.00000385. The van der Waals surface area contributed by atoms with Crippen LogP contribution in [0.2, 0.25) is 0 Å². The molecule has 1 amide bonds. The van der Waals surface area contributed by atoms with Crippen molar-refractivity contribution in [2.75, 3.05) is 91.6 Å². The zero-order chi connectivity index (χ0) is 22.9. The van der Waals surface area contributed by atoms with Gasteiger partial charge < -0.3 is 24.9 Å². The van der Waals surface area contributed by atoms with Crippen molar-refractivity contribution in [3.05, 3.63) is 0 Å². The third kappa shape index (κ3) is 8.50.